The Hall–Kier alpha value is -1.31. The highest BCUT2D eigenvalue weighted by molar-refractivity contribution is 5.72. The van der Waals surface area contributed by atoms with E-state index in [9.17, 15) is 4.79 Å². The maximum Gasteiger partial charge on any atom is 0.310 e. The number of para-hydroxylation sites is 1. The van der Waals surface area contributed by atoms with E-state index in [-0.39, 0.29) is 11.4 Å². The first-order chi connectivity index (χ1) is 7.51. The number of ether oxygens (including phenoxy) is 1. The third-order valence-electron chi connectivity index (χ3n) is 3.01. The van der Waals surface area contributed by atoms with Crippen molar-refractivity contribution in [2.45, 2.75) is 46.0 Å². The van der Waals surface area contributed by atoms with Gasteiger partial charge in [0.25, 0.3) is 0 Å². The fourth-order valence-corrected chi connectivity index (χ4v) is 1.50. The van der Waals surface area contributed by atoms with E-state index in [1.54, 1.807) is 6.92 Å². The molecule has 2 nitrogen and oxygen atoms in total. The number of carbonyl (C=O) groups is 1. The highest BCUT2D eigenvalue weighted by Crippen LogP contribution is 2.33. The van der Waals surface area contributed by atoms with Crippen LogP contribution >= 0.6 is 0 Å². The summed E-state index contributed by atoms with van der Waals surface area (Å²) in [4.78, 5) is 11.3. The first-order valence-corrected chi connectivity index (χ1v) is 5.81. The Balaban J connectivity index is 3.05. The Morgan fingerprint density at radius 1 is 1.25 bits per heavy atom. The molecular formula is C14H20O2. The summed E-state index contributed by atoms with van der Waals surface area (Å²) in [6.45, 7) is 8.26. The molecule has 0 amide bonds. The average molecular weight is 220 g/mol. The topological polar surface area (TPSA) is 26.3 Å². The number of benzene rings is 1. The summed E-state index contributed by atoms with van der Waals surface area (Å²) in [5.41, 5.74) is 1.13. The zero-order valence-electron chi connectivity index (χ0n) is 10.5. The minimum Gasteiger partial charge on any atom is -0.426 e. The van der Waals surface area contributed by atoms with Crippen molar-refractivity contribution >= 4 is 5.97 Å². The van der Waals surface area contributed by atoms with Gasteiger partial charge in [0.15, 0.2) is 0 Å². The third-order valence-corrected chi connectivity index (χ3v) is 3.01. The molecular weight excluding hydrogens is 200 g/mol. The maximum absolute atomic E-state index is 11.3. The summed E-state index contributed by atoms with van der Waals surface area (Å²) in [5, 5.41) is 0. The molecule has 1 aromatic carbocycles. The van der Waals surface area contributed by atoms with Gasteiger partial charge in [0.05, 0.1) is 0 Å². The van der Waals surface area contributed by atoms with Gasteiger partial charge in [0.1, 0.15) is 5.75 Å². The van der Waals surface area contributed by atoms with E-state index in [1.165, 1.54) is 0 Å². The highest BCUT2D eigenvalue weighted by Gasteiger charge is 2.22. The maximum atomic E-state index is 11.3. The van der Waals surface area contributed by atoms with Gasteiger partial charge in [0, 0.05) is 12.0 Å². The first kappa shape index (κ1) is 12.8. The molecule has 0 aliphatic rings. The van der Waals surface area contributed by atoms with E-state index in [1.807, 2.05) is 24.3 Å². The van der Waals surface area contributed by atoms with E-state index in [2.05, 4.69) is 20.8 Å². The second-order valence-electron chi connectivity index (χ2n) is 4.56. The van der Waals surface area contributed by atoms with E-state index >= 15 is 0 Å². The van der Waals surface area contributed by atoms with Crippen LogP contribution in [-0.4, -0.2) is 5.97 Å². The monoisotopic (exact) mass is 220 g/mol. The van der Waals surface area contributed by atoms with E-state index < -0.39 is 0 Å². The van der Waals surface area contributed by atoms with Crippen molar-refractivity contribution in [1.29, 1.82) is 0 Å². The number of hydrogen-bond donors (Lipinski definition) is 0. The lowest BCUT2D eigenvalue weighted by Gasteiger charge is -2.25. The van der Waals surface area contributed by atoms with E-state index in [0.717, 1.165) is 12.0 Å². The lowest BCUT2D eigenvalue weighted by molar-refractivity contribution is -0.134. The fraction of sp³-hybridized carbons (Fsp3) is 0.500. The Bertz CT molecular complexity index is 367. The van der Waals surface area contributed by atoms with Gasteiger partial charge in [-0.05, 0) is 17.9 Å². The van der Waals surface area contributed by atoms with Gasteiger partial charge in [-0.3, -0.25) is 4.79 Å². The van der Waals surface area contributed by atoms with Gasteiger partial charge in [0.2, 0.25) is 0 Å². The van der Waals surface area contributed by atoms with Crippen LogP contribution < -0.4 is 4.74 Å². The van der Waals surface area contributed by atoms with Crippen LogP contribution in [-0.2, 0) is 10.2 Å². The second kappa shape index (κ2) is 5.15. The van der Waals surface area contributed by atoms with Crippen molar-refractivity contribution in [2.75, 3.05) is 0 Å². The summed E-state index contributed by atoms with van der Waals surface area (Å²) in [6.07, 6.45) is 1.41. The predicted molar refractivity (Wildman–Crippen MR) is 65.7 cm³/mol. The number of rotatable bonds is 4. The molecule has 2 heteroatoms. The van der Waals surface area contributed by atoms with E-state index in [0.29, 0.717) is 12.2 Å². The predicted octanol–water partition coefficient (Wildman–Crippen LogP) is 3.69. The molecule has 0 fully saturated rings. The molecule has 0 unspecified atom stereocenters. The van der Waals surface area contributed by atoms with Crippen LogP contribution in [0.2, 0.25) is 0 Å². The molecule has 0 bridgehead atoms. The molecule has 1 aromatic rings. The normalized spacial score (nSPS) is 11.2. The Morgan fingerprint density at radius 2 is 1.88 bits per heavy atom. The highest BCUT2D eigenvalue weighted by atomic mass is 16.5. The molecule has 0 saturated heterocycles. The number of hydrogen-bond acceptors (Lipinski definition) is 2. The smallest absolute Gasteiger partial charge is 0.310 e. The molecule has 0 N–H and O–H groups in total. The summed E-state index contributed by atoms with van der Waals surface area (Å²) in [5.74, 6) is 0.514. The van der Waals surface area contributed by atoms with Crippen molar-refractivity contribution < 1.29 is 9.53 Å². The first-order valence-electron chi connectivity index (χ1n) is 5.81. The Labute approximate surface area is 97.6 Å². The van der Waals surface area contributed by atoms with Crippen LogP contribution in [0.25, 0.3) is 0 Å². The summed E-state index contributed by atoms with van der Waals surface area (Å²) >= 11 is 0. The summed E-state index contributed by atoms with van der Waals surface area (Å²) in [7, 11) is 0. The molecule has 0 radical (unpaired) electrons. The SMILES string of the molecule is CCC(=O)Oc1ccccc1C(C)(C)CC. The molecule has 1 rings (SSSR count). The van der Waals surface area contributed by atoms with Crippen LogP contribution in [0.3, 0.4) is 0 Å². The van der Waals surface area contributed by atoms with Crippen LogP contribution in [0.15, 0.2) is 24.3 Å². The van der Waals surface area contributed by atoms with Crippen molar-refractivity contribution in [3.05, 3.63) is 29.8 Å². The standard InChI is InChI=1S/C14H20O2/c1-5-13(15)16-12-10-8-7-9-11(12)14(3,4)6-2/h7-10H,5-6H2,1-4H3. The Kier molecular flexibility index (Phi) is 4.11. The molecule has 0 aromatic heterocycles. The molecule has 88 valence electrons. The van der Waals surface area contributed by atoms with Gasteiger partial charge in [-0.1, -0.05) is 45.9 Å². The summed E-state index contributed by atoms with van der Waals surface area (Å²) in [6, 6.07) is 7.77. The second-order valence-corrected chi connectivity index (χ2v) is 4.56. The van der Waals surface area contributed by atoms with Gasteiger partial charge >= 0.3 is 5.97 Å². The third kappa shape index (κ3) is 2.84. The molecule has 0 saturated carbocycles. The van der Waals surface area contributed by atoms with E-state index in [4.69, 9.17) is 4.74 Å². The fourth-order valence-electron chi connectivity index (χ4n) is 1.50. The molecule has 0 aliphatic heterocycles. The van der Waals surface area contributed by atoms with Crippen LogP contribution in [0.5, 0.6) is 5.75 Å². The molecule has 0 spiro atoms. The average Bonchev–Trinajstić information content (AvgIpc) is 2.29. The van der Waals surface area contributed by atoms with Gasteiger partial charge in [-0.2, -0.15) is 0 Å². The summed E-state index contributed by atoms with van der Waals surface area (Å²) < 4.78 is 5.34. The van der Waals surface area contributed by atoms with Crippen molar-refractivity contribution in [2.24, 2.45) is 0 Å². The number of carbonyl (C=O) groups excluding carboxylic acids is 1. The quantitative estimate of drug-likeness (QED) is 0.571. The van der Waals surface area contributed by atoms with Crippen LogP contribution in [0.1, 0.15) is 46.1 Å². The minimum atomic E-state index is -0.181. The van der Waals surface area contributed by atoms with Gasteiger partial charge < -0.3 is 4.74 Å². The zero-order valence-corrected chi connectivity index (χ0v) is 10.5. The van der Waals surface area contributed by atoms with Gasteiger partial charge in [-0.15, -0.1) is 0 Å². The van der Waals surface area contributed by atoms with Crippen molar-refractivity contribution in [1.82, 2.24) is 0 Å². The van der Waals surface area contributed by atoms with Crippen molar-refractivity contribution in [3.63, 3.8) is 0 Å². The minimum absolute atomic E-state index is 0.0324. The van der Waals surface area contributed by atoms with Crippen LogP contribution in [0, 0.1) is 0 Å². The van der Waals surface area contributed by atoms with Crippen LogP contribution in [0.4, 0.5) is 0 Å². The van der Waals surface area contributed by atoms with Gasteiger partial charge in [-0.25, -0.2) is 0 Å². The molecule has 0 atom stereocenters. The Morgan fingerprint density at radius 3 is 2.44 bits per heavy atom. The molecule has 0 heterocycles. The molecule has 16 heavy (non-hydrogen) atoms. The zero-order chi connectivity index (χ0) is 12.2. The lowest BCUT2D eigenvalue weighted by Crippen LogP contribution is -2.18. The van der Waals surface area contributed by atoms with Crippen molar-refractivity contribution in [3.8, 4) is 5.75 Å². The number of esters is 1. The molecule has 0 aliphatic carbocycles. The largest absolute Gasteiger partial charge is 0.426 e. The lowest BCUT2D eigenvalue weighted by atomic mass is 9.82.